The average molecular weight is 283 g/mol. The van der Waals surface area contributed by atoms with E-state index in [2.05, 4.69) is 42.1 Å². The molecule has 0 aliphatic rings. The van der Waals surface area contributed by atoms with Crippen molar-refractivity contribution in [3.63, 3.8) is 0 Å². The lowest BCUT2D eigenvalue weighted by atomic mass is 10.1. The second-order valence-corrected chi connectivity index (χ2v) is 4.50. The third-order valence-corrected chi connectivity index (χ3v) is 3.57. The molecule has 0 amide bonds. The summed E-state index contributed by atoms with van der Waals surface area (Å²) >= 11 is 0. The van der Waals surface area contributed by atoms with Crippen molar-refractivity contribution in [3.05, 3.63) is 30.0 Å². The predicted molar refractivity (Wildman–Crippen MR) is 83.6 cm³/mol. The first-order valence-corrected chi connectivity index (χ1v) is 6.64. The van der Waals surface area contributed by atoms with Gasteiger partial charge in [-0.25, -0.2) is 0 Å². The van der Waals surface area contributed by atoms with Crippen LogP contribution in [0.4, 0.5) is 0 Å². The number of methoxy groups -OCH3 is 1. The van der Waals surface area contributed by atoms with Crippen molar-refractivity contribution in [1.82, 2.24) is 9.88 Å². The minimum absolute atomic E-state index is 0. The van der Waals surface area contributed by atoms with Gasteiger partial charge >= 0.3 is 0 Å². The SMILES string of the molecule is CCN(CC)CCc1c[nH]c2ccc(OC)cc12.Cl. The van der Waals surface area contributed by atoms with E-state index in [-0.39, 0.29) is 12.4 Å². The summed E-state index contributed by atoms with van der Waals surface area (Å²) in [5.41, 5.74) is 2.56. The molecule has 0 saturated carbocycles. The fourth-order valence-corrected chi connectivity index (χ4v) is 2.31. The van der Waals surface area contributed by atoms with Gasteiger partial charge in [-0.2, -0.15) is 0 Å². The van der Waals surface area contributed by atoms with Crippen LogP contribution in [-0.2, 0) is 6.42 Å². The largest absolute Gasteiger partial charge is 0.497 e. The lowest BCUT2D eigenvalue weighted by Gasteiger charge is -2.17. The number of benzene rings is 1. The number of rotatable bonds is 6. The summed E-state index contributed by atoms with van der Waals surface area (Å²) in [4.78, 5) is 5.77. The maximum absolute atomic E-state index is 5.29. The van der Waals surface area contributed by atoms with E-state index in [0.29, 0.717) is 0 Å². The Morgan fingerprint density at radius 1 is 1.21 bits per heavy atom. The number of aromatic nitrogens is 1. The van der Waals surface area contributed by atoms with E-state index in [1.165, 1.54) is 16.5 Å². The van der Waals surface area contributed by atoms with Crippen LogP contribution in [0.2, 0.25) is 0 Å². The van der Waals surface area contributed by atoms with Crippen molar-refractivity contribution in [2.24, 2.45) is 0 Å². The summed E-state index contributed by atoms with van der Waals surface area (Å²) in [6.45, 7) is 7.75. The molecular weight excluding hydrogens is 260 g/mol. The van der Waals surface area contributed by atoms with Gasteiger partial charge in [-0.3, -0.25) is 0 Å². The first-order chi connectivity index (χ1) is 8.78. The van der Waals surface area contributed by atoms with Gasteiger partial charge in [0.1, 0.15) is 5.75 Å². The third kappa shape index (κ3) is 3.64. The molecule has 1 heterocycles. The monoisotopic (exact) mass is 282 g/mol. The molecule has 0 saturated heterocycles. The van der Waals surface area contributed by atoms with E-state index >= 15 is 0 Å². The van der Waals surface area contributed by atoms with Gasteiger partial charge in [-0.15, -0.1) is 12.4 Å². The fourth-order valence-electron chi connectivity index (χ4n) is 2.31. The molecular formula is C15H23ClN2O. The second kappa shape index (κ2) is 7.41. The van der Waals surface area contributed by atoms with Crippen LogP contribution in [0, 0.1) is 0 Å². The van der Waals surface area contributed by atoms with Gasteiger partial charge in [0.05, 0.1) is 7.11 Å². The van der Waals surface area contributed by atoms with E-state index in [4.69, 9.17) is 4.74 Å². The molecule has 106 valence electrons. The molecule has 0 fully saturated rings. The zero-order chi connectivity index (χ0) is 13.0. The van der Waals surface area contributed by atoms with Crippen LogP contribution >= 0.6 is 12.4 Å². The van der Waals surface area contributed by atoms with Crippen molar-refractivity contribution < 1.29 is 4.74 Å². The summed E-state index contributed by atoms with van der Waals surface area (Å²) in [7, 11) is 1.71. The Morgan fingerprint density at radius 3 is 2.58 bits per heavy atom. The molecule has 0 spiro atoms. The molecule has 0 aliphatic carbocycles. The van der Waals surface area contributed by atoms with Crippen molar-refractivity contribution in [1.29, 1.82) is 0 Å². The second-order valence-electron chi connectivity index (χ2n) is 4.50. The Morgan fingerprint density at radius 2 is 1.95 bits per heavy atom. The summed E-state index contributed by atoms with van der Waals surface area (Å²) < 4.78 is 5.29. The first kappa shape index (κ1) is 15.9. The molecule has 0 bridgehead atoms. The lowest BCUT2D eigenvalue weighted by molar-refractivity contribution is 0.308. The Labute approximate surface area is 121 Å². The van der Waals surface area contributed by atoms with E-state index in [0.717, 1.165) is 31.8 Å². The van der Waals surface area contributed by atoms with Crippen molar-refractivity contribution in [3.8, 4) is 5.75 Å². The molecule has 3 nitrogen and oxygen atoms in total. The van der Waals surface area contributed by atoms with Crippen LogP contribution in [0.3, 0.4) is 0 Å². The normalized spacial score (nSPS) is 10.7. The molecule has 0 radical (unpaired) electrons. The minimum atomic E-state index is 0. The highest BCUT2D eigenvalue weighted by atomic mass is 35.5. The van der Waals surface area contributed by atoms with Gasteiger partial charge in [-0.1, -0.05) is 13.8 Å². The zero-order valence-corrected chi connectivity index (χ0v) is 12.7. The van der Waals surface area contributed by atoms with Crippen molar-refractivity contribution >= 4 is 23.3 Å². The lowest BCUT2D eigenvalue weighted by Crippen LogP contribution is -2.25. The number of nitrogens with zero attached hydrogens (tertiary/aromatic N) is 1. The van der Waals surface area contributed by atoms with Gasteiger partial charge < -0.3 is 14.6 Å². The number of hydrogen-bond acceptors (Lipinski definition) is 2. The number of ether oxygens (including phenoxy) is 1. The quantitative estimate of drug-likeness (QED) is 0.879. The van der Waals surface area contributed by atoms with Crippen molar-refractivity contribution in [2.45, 2.75) is 20.3 Å². The smallest absolute Gasteiger partial charge is 0.119 e. The van der Waals surface area contributed by atoms with Crippen LogP contribution in [0.25, 0.3) is 10.9 Å². The highest BCUT2D eigenvalue weighted by Crippen LogP contribution is 2.24. The molecule has 2 aromatic rings. The number of nitrogens with one attached hydrogen (secondary N) is 1. The number of hydrogen-bond donors (Lipinski definition) is 1. The molecule has 1 N–H and O–H groups in total. The Hall–Kier alpha value is -1.19. The minimum Gasteiger partial charge on any atom is -0.497 e. The van der Waals surface area contributed by atoms with Gasteiger partial charge in [0.25, 0.3) is 0 Å². The standard InChI is InChI=1S/C15H22N2O.ClH/c1-4-17(5-2)9-8-12-11-16-15-7-6-13(18-3)10-14(12)15;/h6-7,10-11,16H,4-5,8-9H2,1-3H3;1H. The summed E-state index contributed by atoms with van der Waals surface area (Å²) in [5, 5.41) is 1.28. The molecule has 4 heteroatoms. The van der Waals surface area contributed by atoms with Gasteiger partial charge in [-0.05, 0) is 43.3 Å². The van der Waals surface area contributed by atoms with Gasteiger partial charge in [0, 0.05) is 23.6 Å². The summed E-state index contributed by atoms with van der Waals surface area (Å²) in [6, 6.07) is 6.19. The summed E-state index contributed by atoms with van der Waals surface area (Å²) in [6.07, 6.45) is 3.20. The Bertz CT molecular complexity index is 506. The first-order valence-electron chi connectivity index (χ1n) is 6.64. The van der Waals surface area contributed by atoms with Crippen LogP contribution < -0.4 is 4.74 Å². The topological polar surface area (TPSA) is 28.3 Å². The number of likely N-dealkylation sites (N-methyl/N-ethyl adjacent to an activating group) is 1. The van der Waals surface area contributed by atoms with E-state index in [1.807, 2.05) is 6.07 Å². The predicted octanol–water partition coefficient (Wildman–Crippen LogP) is 3.48. The maximum atomic E-state index is 5.29. The van der Waals surface area contributed by atoms with E-state index < -0.39 is 0 Å². The Kier molecular flexibility index (Phi) is 6.19. The maximum Gasteiger partial charge on any atom is 0.119 e. The molecule has 2 rings (SSSR count). The molecule has 0 unspecified atom stereocenters. The fraction of sp³-hybridized carbons (Fsp3) is 0.467. The van der Waals surface area contributed by atoms with Crippen LogP contribution in [0.5, 0.6) is 5.75 Å². The van der Waals surface area contributed by atoms with Crippen LogP contribution in [0.15, 0.2) is 24.4 Å². The van der Waals surface area contributed by atoms with Crippen LogP contribution in [-0.4, -0.2) is 36.6 Å². The van der Waals surface area contributed by atoms with E-state index in [1.54, 1.807) is 7.11 Å². The Balaban J connectivity index is 0.00000180. The number of halogens is 1. The third-order valence-electron chi connectivity index (χ3n) is 3.57. The molecule has 19 heavy (non-hydrogen) atoms. The number of H-pyrrole nitrogens is 1. The van der Waals surface area contributed by atoms with Gasteiger partial charge in [0.2, 0.25) is 0 Å². The number of fused-ring (bicyclic) bond motifs is 1. The summed E-state index contributed by atoms with van der Waals surface area (Å²) in [5.74, 6) is 0.922. The number of aromatic amines is 1. The molecule has 0 aliphatic heterocycles. The van der Waals surface area contributed by atoms with E-state index in [9.17, 15) is 0 Å². The molecule has 0 atom stereocenters. The van der Waals surface area contributed by atoms with Crippen molar-refractivity contribution in [2.75, 3.05) is 26.7 Å². The zero-order valence-electron chi connectivity index (χ0n) is 11.9. The molecule has 1 aromatic carbocycles. The van der Waals surface area contributed by atoms with Gasteiger partial charge in [0.15, 0.2) is 0 Å². The highest BCUT2D eigenvalue weighted by molar-refractivity contribution is 5.85. The highest BCUT2D eigenvalue weighted by Gasteiger charge is 2.06. The molecule has 1 aromatic heterocycles. The van der Waals surface area contributed by atoms with Crippen LogP contribution in [0.1, 0.15) is 19.4 Å². The average Bonchev–Trinajstić information content (AvgIpc) is 2.82.